The molecule has 2 rings (SSSR count). The SMILES string of the molecule is COc1ccc2cccc(C(Br)C=O)c2n1. The van der Waals surface area contributed by atoms with Crippen molar-refractivity contribution in [2.75, 3.05) is 7.11 Å². The smallest absolute Gasteiger partial charge is 0.213 e. The van der Waals surface area contributed by atoms with Crippen molar-refractivity contribution in [1.82, 2.24) is 4.98 Å². The van der Waals surface area contributed by atoms with Gasteiger partial charge in [0.1, 0.15) is 6.29 Å². The summed E-state index contributed by atoms with van der Waals surface area (Å²) in [5, 5.41) is 0.990. The van der Waals surface area contributed by atoms with E-state index in [9.17, 15) is 4.79 Å². The number of rotatable bonds is 3. The number of para-hydroxylation sites is 1. The van der Waals surface area contributed by atoms with Gasteiger partial charge in [0.05, 0.1) is 17.5 Å². The predicted molar refractivity (Wildman–Crippen MR) is 66.0 cm³/mol. The van der Waals surface area contributed by atoms with Gasteiger partial charge in [-0.2, -0.15) is 0 Å². The molecule has 1 aromatic carbocycles. The molecule has 1 heterocycles. The average molecular weight is 280 g/mol. The topological polar surface area (TPSA) is 39.2 Å². The van der Waals surface area contributed by atoms with Crippen LogP contribution in [0.5, 0.6) is 5.88 Å². The number of fused-ring (bicyclic) bond motifs is 1. The summed E-state index contributed by atoms with van der Waals surface area (Å²) >= 11 is 3.30. The number of hydrogen-bond acceptors (Lipinski definition) is 3. The molecule has 2 aromatic rings. The lowest BCUT2D eigenvalue weighted by molar-refractivity contribution is -0.107. The van der Waals surface area contributed by atoms with Crippen LogP contribution in [0.1, 0.15) is 10.4 Å². The molecule has 0 radical (unpaired) electrons. The molecule has 0 saturated carbocycles. The summed E-state index contributed by atoms with van der Waals surface area (Å²) in [6, 6.07) is 9.47. The van der Waals surface area contributed by atoms with Crippen LogP contribution in [0, 0.1) is 0 Å². The van der Waals surface area contributed by atoms with Crippen molar-refractivity contribution in [3.63, 3.8) is 0 Å². The number of hydrogen-bond donors (Lipinski definition) is 0. The van der Waals surface area contributed by atoms with E-state index in [1.54, 1.807) is 13.2 Å². The Morgan fingerprint density at radius 3 is 2.88 bits per heavy atom. The fourth-order valence-electron chi connectivity index (χ4n) is 1.56. The molecule has 4 heteroatoms. The third-order valence-electron chi connectivity index (χ3n) is 2.35. The summed E-state index contributed by atoms with van der Waals surface area (Å²) in [4.78, 5) is 14.8. The number of aromatic nitrogens is 1. The minimum absolute atomic E-state index is 0.337. The van der Waals surface area contributed by atoms with Gasteiger partial charge in [0, 0.05) is 11.5 Å². The number of ether oxygens (including phenoxy) is 1. The standard InChI is InChI=1S/C12H10BrNO2/c1-16-11-6-5-8-3-2-4-9(10(13)7-15)12(8)14-11/h2-7,10H,1H3. The van der Waals surface area contributed by atoms with Crippen molar-refractivity contribution in [3.8, 4) is 5.88 Å². The van der Waals surface area contributed by atoms with Crippen molar-refractivity contribution in [1.29, 1.82) is 0 Å². The molecule has 16 heavy (non-hydrogen) atoms. The molecule has 0 saturated heterocycles. The maximum absolute atomic E-state index is 10.8. The van der Waals surface area contributed by atoms with Gasteiger partial charge in [-0.15, -0.1) is 0 Å². The van der Waals surface area contributed by atoms with Gasteiger partial charge < -0.3 is 9.53 Å². The van der Waals surface area contributed by atoms with E-state index in [1.165, 1.54) is 0 Å². The first-order valence-corrected chi connectivity index (χ1v) is 5.71. The minimum Gasteiger partial charge on any atom is -0.481 e. The van der Waals surface area contributed by atoms with E-state index in [0.29, 0.717) is 5.88 Å². The van der Waals surface area contributed by atoms with Gasteiger partial charge in [0.15, 0.2) is 0 Å². The van der Waals surface area contributed by atoms with E-state index in [0.717, 1.165) is 22.8 Å². The lowest BCUT2D eigenvalue weighted by Crippen LogP contribution is -1.95. The molecule has 0 fully saturated rings. The summed E-state index contributed by atoms with van der Waals surface area (Å²) < 4.78 is 5.08. The van der Waals surface area contributed by atoms with Crippen LogP contribution in [0.4, 0.5) is 0 Å². The van der Waals surface area contributed by atoms with Gasteiger partial charge in [0.2, 0.25) is 5.88 Å². The summed E-state index contributed by atoms with van der Waals surface area (Å²) in [5.41, 5.74) is 1.64. The Morgan fingerprint density at radius 1 is 1.38 bits per heavy atom. The van der Waals surface area contributed by atoms with E-state index in [1.807, 2.05) is 24.3 Å². The Balaban J connectivity index is 2.68. The molecule has 0 aliphatic rings. The fraction of sp³-hybridized carbons (Fsp3) is 0.167. The quantitative estimate of drug-likeness (QED) is 0.641. The molecule has 0 spiro atoms. The van der Waals surface area contributed by atoms with Crippen LogP contribution in [0.2, 0.25) is 0 Å². The van der Waals surface area contributed by atoms with Crippen molar-refractivity contribution < 1.29 is 9.53 Å². The molecule has 0 aliphatic heterocycles. The highest BCUT2D eigenvalue weighted by Crippen LogP contribution is 2.28. The number of carbonyl (C=O) groups is 1. The van der Waals surface area contributed by atoms with Crippen molar-refractivity contribution in [2.45, 2.75) is 4.83 Å². The van der Waals surface area contributed by atoms with Crippen LogP contribution >= 0.6 is 15.9 Å². The first-order chi connectivity index (χ1) is 7.76. The zero-order chi connectivity index (χ0) is 11.5. The first-order valence-electron chi connectivity index (χ1n) is 4.79. The largest absolute Gasteiger partial charge is 0.481 e. The predicted octanol–water partition coefficient (Wildman–Crippen LogP) is 2.88. The van der Waals surface area contributed by atoms with Gasteiger partial charge >= 0.3 is 0 Å². The number of pyridine rings is 1. The molecule has 0 bridgehead atoms. The van der Waals surface area contributed by atoms with Crippen molar-refractivity contribution in [3.05, 3.63) is 35.9 Å². The Kier molecular flexibility index (Phi) is 3.19. The second kappa shape index (κ2) is 4.61. The minimum atomic E-state index is -0.337. The first kappa shape index (κ1) is 11.1. The summed E-state index contributed by atoms with van der Waals surface area (Å²) in [6.07, 6.45) is 0.843. The molecular formula is C12H10BrNO2. The fourth-order valence-corrected chi connectivity index (χ4v) is 1.93. The molecule has 1 unspecified atom stereocenters. The summed E-state index contributed by atoms with van der Waals surface area (Å²) in [6.45, 7) is 0. The van der Waals surface area contributed by atoms with E-state index >= 15 is 0 Å². The monoisotopic (exact) mass is 279 g/mol. The van der Waals surface area contributed by atoms with Crippen LogP contribution in [0.15, 0.2) is 30.3 Å². The molecule has 1 atom stereocenters. The van der Waals surface area contributed by atoms with Crippen LogP contribution in [0.3, 0.4) is 0 Å². The molecule has 0 aliphatic carbocycles. The lowest BCUT2D eigenvalue weighted by atomic mass is 10.1. The van der Waals surface area contributed by atoms with E-state index in [-0.39, 0.29) is 4.83 Å². The molecular weight excluding hydrogens is 270 g/mol. The Bertz CT molecular complexity index is 527. The third kappa shape index (κ3) is 1.93. The number of methoxy groups -OCH3 is 1. The number of aldehydes is 1. The van der Waals surface area contributed by atoms with Gasteiger partial charge in [-0.25, -0.2) is 4.98 Å². The number of carbonyl (C=O) groups excluding carboxylic acids is 1. The van der Waals surface area contributed by atoms with Crippen LogP contribution in [-0.2, 0) is 4.79 Å². The number of halogens is 1. The summed E-state index contributed by atoms with van der Waals surface area (Å²) in [7, 11) is 1.57. The second-order valence-electron chi connectivity index (χ2n) is 3.31. The van der Waals surface area contributed by atoms with Gasteiger partial charge in [-0.1, -0.05) is 34.1 Å². The Labute approximate surface area is 102 Å². The highest BCUT2D eigenvalue weighted by Gasteiger charge is 2.11. The van der Waals surface area contributed by atoms with E-state index in [2.05, 4.69) is 20.9 Å². The molecule has 3 nitrogen and oxygen atoms in total. The lowest BCUT2D eigenvalue weighted by Gasteiger charge is -2.08. The molecule has 82 valence electrons. The molecule has 0 N–H and O–H groups in total. The van der Waals surface area contributed by atoms with E-state index < -0.39 is 0 Å². The van der Waals surface area contributed by atoms with Crippen molar-refractivity contribution >= 4 is 33.1 Å². The van der Waals surface area contributed by atoms with Crippen LogP contribution in [0.25, 0.3) is 10.9 Å². The number of alkyl halides is 1. The van der Waals surface area contributed by atoms with Gasteiger partial charge in [-0.05, 0) is 11.6 Å². The van der Waals surface area contributed by atoms with Crippen molar-refractivity contribution in [2.24, 2.45) is 0 Å². The highest BCUT2D eigenvalue weighted by molar-refractivity contribution is 9.09. The number of nitrogens with zero attached hydrogens (tertiary/aromatic N) is 1. The van der Waals surface area contributed by atoms with E-state index in [4.69, 9.17) is 4.74 Å². The van der Waals surface area contributed by atoms with Gasteiger partial charge in [-0.3, -0.25) is 0 Å². The maximum atomic E-state index is 10.8. The molecule has 0 amide bonds. The average Bonchev–Trinajstić information content (AvgIpc) is 2.36. The third-order valence-corrected chi connectivity index (χ3v) is 3.06. The Hall–Kier alpha value is -1.42. The zero-order valence-electron chi connectivity index (χ0n) is 8.68. The van der Waals surface area contributed by atoms with Crippen LogP contribution in [-0.4, -0.2) is 18.4 Å². The maximum Gasteiger partial charge on any atom is 0.213 e. The van der Waals surface area contributed by atoms with Gasteiger partial charge in [0.25, 0.3) is 0 Å². The Morgan fingerprint density at radius 2 is 2.19 bits per heavy atom. The zero-order valence-corrected chi connectivity index (χ0v) is 10.3. The number of benzene rings is 1. The molecule has 1 aromatic heterocycles. The highest BCUT2D eigenvalue weighted by atomic mass is 79.9. The van der Waals surface area contributed by atoms with Crippen LogP contribution < -0.4 is 4.74 Å². The normalized spacial score (nSPS) is 12.4. The second-order valence-corrected chi connectivity index (χ2v) is 4.30. The summed E-state index contributed by atoms with van der Waals surface area (Å²) in [5.74, 6) is 0.547.